The highest BCUT2D eigenvalue weighted by Gasteiger charge is 2.44. The highest BCUT2D eigenvalue weighted by atomic mass is 16.5. The number of carbonyl (C=O) groups excluding carboxylic acids is 2. The zero-order valence-electron chi connectivity index (χ0n) is 16.4. The van der Waals surface area contributed by atoms with Crippen molar-refractivity contribution in [2.24, 2.45) is 5.41 Å². The van der Waals surface area contributed by atoms with Crippen LogP contribution in [-0.4, -0.2) is 77.5 Å². The molecule has 1 aromatic rings. The van der Waals surface area contributed by atoms with Gasteiger partial charge in [0, 0.05) is 44.7 Å². The summed E-state index contributed by atoms with van der Waals surface area (Å²) in [6.45, 7) is 6.36. The summed E-state index contributed by atoms with van der Waals surface area (Å²) in [5.41, 5.74) is 0.983. The molecule has 3 saturated heterocycles. The summed E-state index contributed by atoms with van der Waals surface area (Å²) in [5, 5.41) is 3.93. The standard InChI is InChI=1S/C20H30N4O3/c1-3-15-12-17(27-21-15)19(26)23-10-7-20(8-11-23)6-4-18(25)24(14-20)16-5-9-22(2)13-16/h12,16H,3-11,13-14H2,1-2H3/t16-/m0/s1. The lowest BCUT2D eigenvalue weighted by Crippen LogP contribution is -2.55. The SMILES string of the molecule is CCc1cc(C(=O)N2CCC3(CCC(=O)N([C@H]4CCN(C)C4)C3)CC2)on1. The molecule has 0 aliphatic carbocycles. The van der Waals surface area contributed by atoms with Crippen LogP contribution in [0.4, 0.5) is 0 Å². The lowest BCUT2D eigenvalue weighted by Gasteiger charge is -2.48. The van der Waals surface area contributed by atoms with Gasteiger partial charge in [-0.3, -0.25) is 9.59 Å². The topological polar surface area (TPSA) is 69.9 Å². The van der Waals surface area contributed by atoms with Crippen LogP contribution < -0.4 is 0 Å². The number of piperidine rings is 2. The smallest absolute Gasteiger partial charge is 0.292 e. The van der Waals surface area contributed by atoms with Crippen molar-refractivity contribution in [2.45, 2.75) is 51.5 Å². The number of aryl methyl sites for hydroxylation is 1. The van der Waals surface area contributed by atoms with Crippen molar-refractivity contribution < 1.29 is 14.1 Å². The summed E-state index contributed by atoms with van der Waals surface area (Å²) in [5.74, 6) is 0.601. The van der Waals surface area contributed by atoms with Crippen LogP contribution >= 0.6 is 0 Å². The van der Waals surface area contributed by atoms with Gasteiger partial charge in [0.15, 0.2) is 0 Å². The Morgan fingerprint density at radius 3 is 2.70 bits per heavy atom. The molecule has 27 heavy (non-hydrogen) atoms. The summed E-state index contributed by atoms with van der Waals surface area (Å²) in [4.78, 5) is 31.5. The molecule has 0 radical (unpaired) electrons. The van der Waals surface area contributed by atoms with E-state index in [1.165, 1.54) is 0 Å². The van der Waals surface area contributed by atoms with Crippen molar-refractivity contribution in [3.8, 4) is 0 Å². The van der Waals surface area contributed by atoms with Gasteiger partial charge in [0.05, 0.1) is 5.69 Å². The number of nitrogens with zero attached hydrogens (tertiary/aromatic N) is 4. The number of likely N-dealkylation sites (N-methyl/N-ethyl adjacent to an activating group) is 1. The maximum absolute atomic E-state index is 12.7. The summed E-state index contributed by atoms with van der Waals surface area (Å²) in [6.07, 6.45) is 5.36. The van der Waals surface area contributed by atoms with Crippen LogP contribution in [0.5, 0.6) is 0 Å². The third-order valence-electron chi connectivity index (χ3n) is 6.75. The number of aromatic nitrogens is 1. The Labute approximate surface area is 160 Å². The largest absolute Gasteiger partial charge is 0.351 e. The van der Waals surface area contributed by atoms with Gasteiger partial charge in [-0.25, -0.2) is 0 Å². The molecule has 7 nitrogen and oxygen atoms in total. The van der Waals surface area contributed by atoms with Gasteiger partial charge < -0.3 is 19.2 Å². The zero-order chi connectivity index (χ0) is 19.0. The second-order valence-corrected chi connectivity index (χ2v) is 8.55. The molecule has 4 heterocycles. The first-order chi connectivity index (χ1) is 13.0. The fraction of sp³-hybridized carbons (Fsp3) is 0.750. The van der Waals surface area contributed by atoms with Crippen LogP contribution in [0.15, 0.2) is 10.6 Å². The molecule has 7 heteroatoms. The lowest BCUT2D eigenvalue weighted by molar-refractivity contribution is -0.141. The molecular weight excluding hydrogens is 344 g/mol. The molecule has 3 aliphatic heterocycles. The van der Waals surface area contributed by atoms with E-state index in [1.54, 1.807) is 6.07 Å². The van der Waals surface area contributed by atoms with Crippen LogP contribution in [0, 0.1) is 5.41 Å². The van der Waals surface area contributed by atoms with Crippen LogP contribution in [0.2, 0.25) is 0 Å². The Morgan fingerprint density at radius 1 is 1.30 bits per heavy atom. The molecule has 3 aliphatic rings. The zero-order valence-corrected chi connectivity index (χ0v) is 16.4. The average Bonchev–Trinajstić information content (AvgIpc) is 3.33. The third kappa shape index (κ3) is 3.61. The van der Waals surface area contributed by atoms with E-state index in [0.717, 1.165) is 70.5 Å². The lowest BCUT2D eigenvalue weighted by atomic mass is 9.72. The van der Waals surface area contributed by atoms with Crippen molar-refractivity contribution >= 4 is 11.8 Å². The number of hydrogen-bond acceptors (Lipinski definition) is 5. The number of hydrogen-bond donors (Lipinski definition) is 0. The van der Waals surface area contributed by atoms with E-state index in [9.17, 15) is 9.59 Å². The minimum atomic E-state index is -0.0572. The number of rotatable bonds is 3. The van der Waals surface area contributed by atoms with Gasteiger partial charge in [-0.05, 0) is 51.1 Å². The molecule has 0 unspecified atom stereocenters. The first kappa shape index (κ1) is 18.5. The Bertz CT molecular complexity index is 708. The van der Waals surface area contributed by atoms with Gasteiger partial charge >= 0.3 is 0 Å². The molecule has 1 aromatic heterocycles. The molecular formula is C20H30N4O3. The van der Waals surface area contributed by atoms with E-state index in [4.69, 9.17) is 4.52 Å². The van der Waals surface area contributed by atoms with E-state index in [2.05, 4.69) is 22.0 Å². The predicted molar refractivity (Wildman–Crippen MR) is 100 cm³/mol. The molecule has 4 rings (SSSR count). The maximum Gasteiger partial charge on any atom is 0.292 e. The van der Waals surface area contributed by atoms with Gasteiger partial charge in [-0.1, -0.05) is 12.1 Å². The Balaban J connectivity index is 1.38. The number of amides is 2. The van der Waals surface area contributed by atoms with Gasteiger partial charge in [-0.15, -0.1) is 0 Å². The predicted octanol–water partition coefficient (Wildman–Crippen LogP) is 1.79. The summed E-state index contributed by atoms with van der Waals surface area (Å²) < 4.78 is 5.22. The number of carbonyl (C=O) groups is 2. The van der Waals surface area contributed by atoms with Gasteiger partial charge in [0.2, 0.25) is 11.7 Å². The Kier molecular flexibility index (Phi) is 4.97. The molecule has 2 amide bonds. The molecule has 0 aromatic carbocycles. The van der Waals surface area contributed by atoms with Crippen molar-refractivity contribution in [1.82, 2.24) is 19.9 Å². The number of likely N-dealkylation sites (tertiary alicyclic amines) is 3. The van der Waals surface area contributed by atoms with Crippen LogP contribution in [-0.2, 0) is 11.2 Å². The highest BCUT2D eigenvalue weighted by molar-refractivity contribution is 5.91. The van der Waals surface area contributed by atoms with Crippen molar-refractivity contribution in [3.05, 3.63) is 17.5 Å². The minimum Gasteiger partial charge on any atom is -0.351 e. The van der Waals surface area contributed by atoms with Crippen LogP contribution in [0.1, 0.15) is 55.3 Å². The van der Waals surface area contributed by atoms with Gasteiger partial charge in [-0.2, -0.15) is 0 Å². The van der Waals surface area contributed by atoms with E-state index in [0.29, 0.717) is 24.1 Å². The van der Waals surface area contributed by atoms with Crippen molar-refractivity contribution in [2.75, 3.05) is 39.8 Å². The molecule has 0 saturated carbocycles. The fourth-order valence-corrected chi connectivity index (χ4v) is 4.87. The second kappa shape index (κ2) is 7.26. The van der Waals surface area contributed by atoms with Gasteiger partial charge in [0.1, 0.15) is 0 Å². The maximum atomic E-state index is 12.7. The molecule has 148 valence electrons. The molecule has 1 atom stereocenters. The van der Waals surface area contributed by atoms with E-state index in [-0.39, 0.29) is 11.3 Å². The molecule has 1 spiro atoms. The highest BCUT2D eigenvalue weighted by Crippen LogP contribution is 2.41. The van der Waals surface area contributed by atoms with E-state index >= 15 is 0 Å². The van der Waals surface area contributed by atoms with E-state index < -0.39 is 0 Å². The summed E-state index contributed by atoms with van der Waals surface area (Å²) >= 11 is 0. The summed E-state index contributed by atoms with van der Waals surface area (Å²) in [7, 11) is 2.13. The van der Waals surface area contributed by atoms with Crippen LogP contribution in [0.25, 0.3) is 0 Å². The van der Waals surface area contributed by atoms with Crippen molar-refractivity contribution in [1.29, 1.82) is 0 Å². The third-order valence-corrected chi connectivity index (χ3v) is 6.75. The fourth-order valence-electron chi connectivity index (χ4n) is 4.87. The quantitative estimate of drug-likeness (QED) is 0.807. The first-order valence-electron chi connectivity index (χ1n) is 10.2. The average molecular weight is 374 g/mol. The minimum absolute atomic E-state index is 0.0572. The Hall–Kier alpha value is -1.89. The van der Waals surface area contributed by atoms with Gasteiger partial charge in [0.25, 0.3) is 5.91 Å². The first-order valence-corrected chi connectivity index (χ1v) is 10.2. The molecule has 3 fully saturated rings. The van der Waals surface area contributed by atoms with Crippen molar-refractivity contribution in [3.63, 3.8) is 0 Å². The second-order valence-electron chi connectivity index (χ2n) is 8.55. The molecule has 0 N–H and O–H groups in total. The Morgan fingerprint density at radius 2 is 2.07 bits per heavy atom. The monoisotopic (exact) mass is 374 g/mol. The summed E-state index contributed by atoms with van der Waals surface area (Å²) in [6, 6.07) is 2.12. The van der Waals surface area contributed by atoms with Crippen LogP contribution in [0.3, 0.4) is 0 Å². The molecule has 0 bridgehead atoms. The van der Waals surface area contributed by atoms with E-state index in [1.807, 2.05) is 11.8 Å². The normalized spacial score (nSPS) is 26.1.